The van der Waals surface area contributed by atoms with E-state index in [9.17, 15) is 13.2 Å². The highest BCUT2D eigenvalue weighted by atomic mass is 19.2. The van der Waals surface area contributed by atoms with Crippen LogP contribution < -0.4 is 11.1 Å². The number of rotatable bonds is 6. The van der Waals surface area contributed by atoms with Crippen LogP contribution in [0.25, 0.3) is 22.3 Å². The van der Waals surface area contributed by atoms with E-state index in [4.69, 9.17) is 5.73 Å². The van der Waals surface area contributed by atoms with Crippen LogP contribution in [0.2, 0.25) is 0 Å². The number of fused-ring (bicyclic) bond motifs is 1. The highest BCUT2D eigenvalue weighted by Crippen LogP contribution is 2.33. The van der Waals surface area contributed by atoms with Crippen molar-refractivity contribution in [2.45, 2.75) is 13.1 Å². The Morgan fingerprint density at radius 3 is 2.41 bits per heavy atom. The Hall–Kier alpha value is -4.40. The van der Waals surface area contributed by atoms with E-state index in [1.165, 1.54) is 24.3 Å². The topological polar surface area (TPSA) is 81.7 Å². The van der Waals surface area contributed by atoms with E-state index < -0.39 is 11.6 Å². The van der Waals surface area contributed by atoms with E-state index in [1.807, 2.05) is 30.3 Å². The maximum atomic E-state index is 14.8. The van der Waals surface area contributed by atoms with Gasteiger partial charge in [0.05, 0.1) is 17.6 Å². The molecule has 6 nitrogen and oxygen atoms in total. The van der Waals surface area contributed by atoms with Crippen molar-refractivity contribution in [3.63, 3.8) is 0 Å². The van der Waals surface area contributed by atoms with E-state index in [-0.39, 0.29) is 41.0 Å². The minimum Gasteiger partial charge on any atom is -0.383 e. The average Bonchev–Trinajstić information content (AvgIpc) is 3.15. The second-order valence-corrected chi connectivity index (χ2v) is 7.71. The molecule has 0 aliphatic heterocycles. The van der Waals surface area contributed by atoms with Gasteiger partial charge in [-0.25, -0.2) is 22.8 Å². The largest absolute Gasteiger partial charge is 0.383 e. The van der Waals surface area contributed by atoms with Gasteiger partial charge in [0.2, 0.25) is 5.95 Å². The number of benzene rings is 3. The Morgan fingerprint density at radius 1 is 0.853 bits per heavy atom. The molecule has 0 spiro atoms. The summed E-state index contributed by atoms with van der Waals surface area (Å²) >= 11 is 0. The lowest BCUT2D eigenvalue weighted by molar-refractivity contribution is 0.511. The fraction of sp³-hybridized carbons (Fsp3) is 0.0800. The summed E-state index contributed by atoms with van der Waals surface area (Å²) < 4.78 is 43.9. The number of hydrogen-bond acceptors (Lipinski definition) is 5. The Bertz CT molecular complexity index is 1480. The second kappa shape index (κ2) is 8.86. The number of nitrogens with two attached hydrogens (primary N) is 1. The molecule has 5 rings (SSSR count). The number of hydrogen-bond donors (Lipinski definition) is 2. The van der Waals surface area contributed by atoms with Gasteiger partial charge in [0.15, 0.2) is 17.3 Å². The van der Waals surface area contributed by atoms with Gasteiger partial charge < -0.3 is 11.1 Å². The van der Waals surface area contributed by atoms with Crippen LogP contribution in [0.1, 0.15) is 11.1 Å². The van der Waals surface area contributed by atoms with Crippen molar-refractivity contribution >= 4 is 22.8 Å². The first-order valence-corrected chi connectivity index (χ1v) is 10.5. The number of nitrogen functional groups attached to an aromatic ring is 1. The predicted octanol–water partition coefficient (Wildman–Crippen LogP) is 5.15. The minimum atomic E-state index is -1.05. The van der Waals surface area contributed by atoms with Crippen LogP contribution in [0.15, 0.2) is 72.8 Å². The van der Waals surface area contributed by atoms with Gasteiger partial charge in [0.25, 0.3) is 0 Å². The molecule has 2 aromatic heterocycles. The molecule has 0 fully saturated rings. The highest BCUT2D eigenvalue weighted by molar-refractivity contribution is 5.99. The molecule has 3 aromatic carbocycles. The van der Waals surface area contributed by atoms with Crippen molar-refractivity contribution in [1.29, 1.82) is 0 Å². The first-order valence-electron chi connectivity index (χ1n) is 10.5. The van der Waals surface area contributed by atoms with Gasteiger partial charge >= 0.3 is 0 Å². The van der Waals surface area contributed by atoms with Crippen molar-refractivity contribution in [3.8, 4) is 11.3 Å². The van der Waals surface area contributed by atoms with Crippen LogP contribution in [-0.2, 0) is 13.1 Å². The van der Waals surface area contributed by atoms with Gasteiger partial charge in [0, 0.05) is 12.1 Å². The third kappa shape index (κ3) is 4.15. The van der Waals surface area contributed by atoms with Gasteiger partial charge in [-0.3, -0.25) is 0 Å². The predicted molar refractivity (Wildman–Crippen MR) is 124 cm³/mol. The Morgan fingerprint density at radius 2 is 1.62 bits per heavy atom. The molecule has 0 bridgehead atoms. The van der Waals surface area contributed by atoms with Gasteiger partial charge in [-0.15, -0.1) is 5.10 Å². The van der Waals surface area contributed by atoms with E-state index in [0.29, 0.717) is 17.5 Å². The molecule has 34 heavy (non-hydrogen) atoms. The van der Waals surface area contributed by atoms with Crippen molar-refractivity contribution in [2.24, 2.45) is 0 Å². The molecular formula is C25H19F3N6. The maximum Gasteiger partial charge on any atom is 0.225 e. The number of nitrogens with one attached hydrogen (secondary N) is 1. The lowest BCUT2D eigenvalue weighted by Crippen LogP contribution is -2.06. The van der Waals surface area contributed by atoms with Crippen LogP contribution >= 0.6 is 0 Å². The van der Waals surface area contributed by atoms with Crippen molar-refractivity contribution in [3.05, 3.63) is 101 Å². The first kappa shape index (κ1) is 21.4. The third-order valence-electron chi connectivity index (χ3n) is 5.36. The lowest BCUT2D eigenvalue weighted by atomic mass is 10.1. The fourth-order valence-electron chi connectivity index (χ4n) is 3.72. The van der Waals surface area contributed by atoms with E-state index >= 15 is 0 Å². The van der Waals surface area contributed by atoms with Crippen molar-refractivity contribution in [1.82, 2.24) is 19.7 Å². The Kier molecular flexibility index (Phi) is 5.59. The summed E-state index contributed by atoms with van der Waals surface area (Å²) in [4.78, 5) is 8.87. The summed E-state index contributed by atoms with van der Waals surface area (Å²) in [6.07, 6.45) is 0. The average molecular weight is 460 g/mol. The smallest absolute Gasteiger partial charge is 0.225 e. The standard InChI is InChI=1S/C25H19F3N6/c26-17-9-4-8-16(12-17)13-30-25-31-22(18-10-5-11-19(27)21(18)28)20-23(29)34(33-24(20)32-25)14-15-6-2-1-3-7-15/h1-12H,13-14,29H2,(H,30,32,33). The molecule has 0 amide bonds. The Labute approximate surface area is 192 Å². The van der Waals surface area contributed by atoms with Crippen LogP contribution in [-0.4, -0.2) is 19.7 Å². The zero-order valence-corrected chi connectivity index (χ0v) is 17.8. The molecule has 170 valence electrons. The molecule has 3 N–H and O–H groups in total. The lowest BCUT2D eigenvalue weighted by Gasteiger charge is -2.10. The molecule has 0 aliphatic rings. The molecule has 9 heteroatoms. The van der Waals surface area contributed by atoms with Crippen molar-refractivity contribution < 1.29 is 13.2 Å². The first-order chi connectivity index (χ1) is 16.5. The van der Waals surface area contributed by atoms with E-state index in [0.717, 1.165) is 11.6 Å². The molecular weight excluding hydrogens is 441 g/mol. The normalized spacial score (nSPS) is 11.1. The summed E-state index contributed by atoms with van der Waals surface area (Å²) in [5.41, 5.74) is 8.28. The third-order valence-corrected chi connectivity index (χ3v) is 5.36. The van der Waals surface area contributed by atoms with E-state index in [1.54, 1.807) is 16.8 Å². The SMILES string of the molecule is Nc1c2c(-c3cccc(F)c3F)nc(NCc3cccc(F)c3)nc2nn1Cc1ccccc1. The van der Waals surface area contributed by atoms with Gasteiger partial charge in [-0.05, 0) is 35.4 Å². The number of anilines is 2. The van der Waals surface area contributed by atoms with Crippen LogP contribution in [0.4, 0.5) is 24.9 Å². The quantitative estimate of drug-likeness (QED) is 0.366. The summed E-state index contributed by atoms with van der Waals surface area (Å²) in [5, 5.41) is 7.82. The number of nitrogens with zero attached hydrogens (tertiary/aromatic N) is 4. The molecule has 0 saturated carbocycles. The van der Waals surface area contributed by atoms with Crippen LogP contribution in [0, 0.1) is 17.5 Å². The summed E-state index contributed by atoms with van der Waals surface area (Å²) in [7, 11) is 0. The molecule has 0 aliphatic carbocycles. The molecule has 0 atom stereocenters. The van der Waals surface area contributed by atoms with Crippen LogP contribution in [0.5, 0.6) is 0 Å². The summed E-state index contributed by atoms with van der Waals surface area (Å²) in [5.74, 6) is -2.07. The van der Waals surface area contributed by atoms with Gasteiger partial charge in [0.1, 0.15) is 11.6 Å². The molecule has 5 aromatic rings. The maximum absolute atomic E-state index is 14.8. The Balaban J connectivity index is 1.62. The zero-order chi connectivity index (χ0) is 23.7. The zero-order valence-electron chi connectivity index (χ0n) is 17.8. The highest BCUT2D eigenvalue weighted by Gasteiger charge is 2.21. The number of aromatic nitrogens is 4. The molecule has 0 unspecified atom stereocenters. The van der Waals surface area contributed by atoms with Gasteiger partial charge in [-0.2, -0.15) is 4.98 Å². The van der Waals surface area contributed by atoms with Crippen LogP contribution in [0.3, 0.4) is 0 Å². The summed E-state index contributed by atoms with van der Waals surface area (Å²) in [6, 6.07) is 19.5. The molecule has 2 heterocycles. The number of halogens is 3. The fourth-order valence-corrected chi connectivity index (χ4v) is 3.72. The minimum absolute atomic E-state index is 0.0628. The van der Waals surface area contributed by atoms with Gasteiger partial charge in [-0.1, -0.05) is 48.5 Å². The molecule has 0 radical (unpaired) electrons. The van der Waals surface area contributed by atoms with E-state index in [2.05, 4.69) is 20.4 Å². The monoisotopic (exact) mass is 460 g/mol. The second-order valence-electron chi connectivity index (χ2n) is 7.71. The summed E-state index contributed by atoms with van der Waals surface area (Å²) in [6.45, 7) is 0.578. The van der Waals surface area contributed by atoms with Crippen molar-refractivity contribution in [2.75, 3.05) is 11.1 Å². The molecule has 0 saturated heterocycles.